The molecule has 7 heteroatoms. The van der Waals surface area contributed by atoms with Crippen LogP contribution >= 0.6 is 27.7 Å². The summed E-state index contributed by atoms with van der Waals surface area (Å²) in [6, 6.07) is 5.83. The van der Waals surface area contributed by atoms with Crippen LogP contribution in [0.15, 0.2) is 45.2 Å². The number of imidazole rings is 1. The third-order valence-electron chi connectivity index (χ3n) is 2.82. The van der Waals surface area contributed by atoms with Crippen molar-refractivity contribution < 1.29 is 5.11 Å². The summed E-state index contributed by atoms with van der Waals surface area (Å²) in [4.78, 5) is 16.5. The Hall–Kier alpha value is -1.44. The van der Waals surface area contributed by atoms with Gasteiger partial charge < -0.3 is 10.1 Å². The molecule has 0 saturated heterocycles. The lowest BCUT2D eigenvalue weighted by Gasteiger charge is -2.09. The van der Waals surface area contributed by atoms with Gasteiger partial charge in [-0.25, -0.2) is 15.0 Å². The Morgan fingerprint density at radius 2 is 2.15 bits per heavy atom. The number of nitrogens with zero attached hydrogens (tertiary/aromatic N) is 3. The number of hydrogen-bond acceptors (Lipinski definition) is 5. The van der Waals surface area contributed by atoms with Crippen LogP contribution in [0.25, 0.3) is 11.2 Å². The summed E-state index contributed by atoms with van der Waals surface area (Å²) in [5, 5.41) is 10.5. The Morgan fingerprint density at radius 3 is 2.90 bits per heavy atom. The molecule has 2 heterocycles. The lowest BCUT2D eigenvalue weighted by atomic mass is 10.1. The van der Waals surface area contributed by atoms with E-state index in [0.717, 1.165) is 25.5 Å². The number of benzene rings is 1. The molecule has 0 aliphatic rings. The number of halogens is 1. The molecule has 3 aromatic rings. The number of aliphatic hydroxyl groups excluding tert-OH is 1. The highest BCUT2D eigenvalue weighted by Crippen LogP contribution is 2.33. The van der Waals surface area contributed by atoms with E-state index in [2.05, 4.69) is 35.9 Å². The van der Waals surface area contributed by atoms with Crippen molar-refractivity contribution in [3.8, 4) is 0 Å². The topological polar surface area (TPSA) is 74.7 Å². The Labute approximate surface area is 128 Å². The average Bonchev–Trinajstić information content (AvgIpc) is 2.87. The minimum atomic E-state index is -0.498. The van der Waals surface area contributed by atoms with E-state index in [9.17, 15) is 5.11 Å². The van der Waals surface area contributed by atoms with Crippen LogP contribution in [0.2, 0.25) is 0 Å². The molecule has 3 rings (SSSR count). The highest BCUT2D eigenvalue weighted by molar-refractivity contribution is 9.10. The Bertz CT molecular complexity index is 759. The number of aromatic nitrogens is 4. The first-order chi connectivity index (χ1) is 9.65. The van der Waals surface area contributed by atoms with E-state index in [1.54, 1.807) is 13.3 Å². The predicted molar refractivity (Wildman–Crippen MR) is 80.6 cm³/mol. The molecule has 0 aliphatic carbocycles. The first-order valence-electron chi connectivity index (χ1n) is 5.94. The third-order valence-corrected chi connectivity index (χ3v) is 4.50. The van der Waals surface area contributed by atoms with Gasteiger partial charge in [-0.1, -0.05) is 33.8 Å². The second-order valence-electron chi connectivity index (χ2n) is 4.24. The molecule has 5 nitrogen and oxygen atoms in total. The highest BCUT2D eigenvalue weighted by atomic mass is 79.9. The number of hydrogen-bond donors (Lipinski definition) is 2. The molecule has 0 bridgehead atoms. The SMILES string of the molecule is C[C@@H](O)c1ccc(Sc2ncnc3nc[nH]c23)cc1Br. The molecule has 0 amide bonds. The van der Waals surface area contributed by atoms with E-state index in [4.69, 9.17) is 0 Å². The standard InChI is InChI=1S/C13H11BrN4OS/c1-7(19)9-3-2-8(4-10(9)14)20-13-11-12(16-5-15-11)17-6-18-13/h2-7,19H,1H3,(H,15,16,17,18)/t7-/m1/s1. The van der Waals surface area contributed by atoms with Gasteiger partial charge in [0, 0.05) is 9.37 Å². The molecular weight excluding hydrogens is 340 g/mol. The zero-order valence-electron chi connectivity index (χ0n) is 10.5. The molecule has 0 spiro atoms. The van der Waals surface area contributed by atoms with Crippen LogP contribution in [0.5, 0.6) is 0 Å². The first-order valence-corrected chi connectivity index (χ1v) is 7.55. The smallest absolute Gasteiger partial charge is 0.181 e. The van der Waals surface area contributed by atoms with E-state index < -0.39 is 6.10 Å². The summed E-state index contributed by atoms with van der Waals surface area (Å²) < 4.78 is 0.882. The molecule has 0 radical (unpaired) electrons. The molecule has 1 atom stereocenters. The van der Waals surface area contributed by atoms with Crippen LogP contribution in [-0.2, 0) is 0 Å². The van der Waals surface area contributed by atoms with Crippen molar-refractivity contribution in [3.63, 3.8) is 0 Å². The highest BCUT2D eigenvalue weighted by Gasteiger charge is 2.10. The Morgan fingerprint density at radius 1 is 1.30 bits per heavy atom. The van der Waals surface area contributed by atoms with Crippen LogP contribution in [0.3, 0.4) is 0 Å². The molecule has 2 aromatic heterocycles. The van der Waals surface area contributed by atoms with Gasteiger partial charge in [-0.3, -0.25) is 0 Å². The maximum atomic E-state index is 9.63. The van der Waals surface area contributed by atoms with Crippen LogP contribution in [-0.4, -0.2) is 25.0 Å². The number of aliphatic hydroxyl groups is 1. The van der Waals surface area contributed by atoms with Gasteiger partial charge in [0.25, 0.3) is 0 Å². The second kappa shape index (κ2) is 5.51. The van der Waals surface area contributed by atoms with Gasteiger partial charge in [-0.15, -0.1) is 0 Å². The van der Waals surface area contributed by atoms with E-state index >= 15 is 0 Å². The zero-order chi connectivity index (χ0) is 14.1. The van der Waals surface area contributed by atoms with Crippen molar-refractivity contribution in [2.24, 2.45) is 0 Å². The van der Waals surface area contributed by atoms with Gasteiger partial charge in [-0.05, 0) is 24.6 Å². The van der Waals surface area contributed by atoms with Crippen molar-refractivity contribution in [2.75, 3.05) is 0 Å². The van der Waals surface area contributed by atoms with Crippen molar-refractivity contribution in [1.29, 1.82) is 0 Å². The van der Waals surface area contributed by atoms with Gasteiger partial charge in [0.2, 0.25) is 0 Å². The maximum absolute atomic E-state index is 9.63. The molecule has 0 saturated carbocycles. The predicted octanol–water partition coefficient (Wildman–Crippen LogP) is 3.32. The second-order valence-corrected chi connectivity index (χ2v) is 6.16. The lowest BCUT2D eigenvalue weighted by molar-refractivity contribution is 0.198. The minimum absolute atomic E-state index is 0.498. The van der Waals surface area contributed by atoms with Crippen LogP contribution in [0.1, 0.15) is 18.6 Å². The summed E-state index contributed by atoms with van der Waals surface area (Å²) in [5.41, 5.74) is 2.35. The van der Waals surface area contributed by atoms with E-state index in [-0.39, 0.29) is 0 Å². The fraction of sp³-hybridized carbons (Fsp3) is 0.154. The molecule has 102 valence electrons. The number of fused-ring (bicyclic) bond motifs is 1. The van der Waals surface area contributed by atoms with Gasteiger partial charge in [0.1, 0.15) is 16.9 Å². The summed E-state index contributed by atoms with van der Waals surface area (Å²) in [6.07, 6.45) is 2.61. The van der Waals surface area contributed by atoms with Gasteiger partial charge in [0.15, 0.2) is 5.65 Å². The van der Waals surface area contributed by atoms with E-state index in [0.29, 0.717) is 5.65 Å². The van der Waals surface area contributed by atoms with Crippen molar-refractivity contribution >= 4 is 38.9 Å². The van der Waals surface area contributed by atoms with E-state index in [1.165, 1.54) is 18.1 Å². The zero-order valence-corrected chi connectivity index (χ0v) is 12.9. The molecular formula is C13H11BrN4OS. The van der Waals surface area contributed by atoms with Gasteiger partial charge in [-0.2, -0.15) is 0 Å². The molecule has 0 fully saturated rings. The largest absolute Gasteiger partial charge is 0.389 e. The van der Waals surface area contributed by atoms with E-state index in [1.807, 2.05) is 18.2 Å². The van der Waals surface area contributed by atoms with Crippen molar-refractivity contribution in [2.45, 2.75) is 22.9 Å². The molecule has 0 unspecified atom stereocenters. The lowest BCUT2D eigenvalue weighted by Crippen LogP contribution is -1.92. The molecule has 0 aliphatic heterocycles. The average molecular weight is 351 g/mol. The van der Waals surface area contributed by atoms with Crippen LogP contribution in [0, 0.1) is 0 Å². The molecule has 20 heavy (non-hydrogen) atoms. The summed E-state index contributed by atoms with van der Waals surface area (Å²) in [7, 11) is 0. The number of aromatic amines is 1. The fourth-order valence-corrected chi connectivity index (χ4v) is 3.59. The van der Waals surface area contributed by atoms with Gasteiger partial charge in [0.05, 0.1) is 12.4 Å². The van der Waals surface area contributed by atoms with Crippen molar-refractivity contribution in [1.82, 2.24) is 19.9 Å². The molecule has 1 aromatic carbocycles. The number of rotatable bonds is 3. The number of nitrogens with one attached hydrogen (secondary N) is 1. The number of H-pyrrole nitrogens is 1. The quantitative estimate of drug-likeness (QED) is 0.708. The third kappa shape index (κ3) is 2.56. The maximum Gasteiger partial charge on any atom is 0.181 e. The summed E-state index contributed by atoms with van der Waals surface area (Å²) in [6.45, 7) is 1.74. The van der Waals surface area contributed by atoms with Crippen LogP contribution < -0.4 is 0 Å². The Balaban J connectivity index is 1.95. The Kier molecular flexibility index (Phi) is 3.73. The molecule has 2 N–H and O–H groups in total. The summed E-state index contributed by atoms with van der Waals surface area (Å²) >= 11 is 5.00. The van der Waals surface area contributed by atoms with Gasteiger partial charge >= 0.3 is 0 Å². The van der Waals surface area contributed by atoms with Crippen molar-refractivity contribution in [3.05, 3.63) is 40.9 Å². The monoisotopic (exact) mass is 350 g/mol. The summed E-state index contributed by atoms with van der Waals surface area (Å²) in [5.74, 6) is 0. The first kappa shape index (κ1) is 13.5. The fourth-order valence-electron chi connectivity index (χ4n) is 1.84. The normalized spacial score (nSPS) is 12.8. The van der Waals surface area contributed by atoms with Crippen LogP contribution in [0.4, 0.5) is 0 Å². The minimum Gasteiger partial charge on any atom is -0.389 e.